The van der Waals surface area contributed by atoms with E-state index in [0.29, 0.717) is 4.90 Å². The molecule has 0 bridgehead atoms. The number of benzene rings is 1. The van der Waals surface area contributed by atoms with Gasteiger partial charge in [-0.25, -0.2) is 0 Å². The molecule has 0 radical (unpaired) electrons. The Morgan fingerprint density at radius 2 is 2.15 bits per heavy atom. The Balaban J connectivity index is 3.04. The minimum absolute atomic E-state index is 0.135. The number of rotatable bonds is 3. The Labute approximate surface area is 80.6 Å². The molecule has 0 amide bonds. The molecule has 1 aromatic carbocycles. The molecule has 0 aliphatic rings. The normalized spacial score (nSPS) is 9.62. The van der Waals surface area contributed by atoms with Crippen LogP contribution in [0.15, 0.2) is 40.6 Å². The molecule has 0 fully saturated rings. The average Bonchev–Trinajstić information content (AvgIpc) is 2.03. The van der Waals surface area contributed by atoms with E-state index in [9.17, 15) is 10.1 Å². The van der Waals surface area contributed by atoms with E-state index in [1.54, 1.807) is 18.2 Å². The molecule has 13 heavy (non-hydrogen) atoms. The zero-order valence-electron chi connectivity index (χ0n) is 7.19. The Bertz CT molecular complexity index is 349. The fourth-order valence-corrected chi connectivity index (χ4v) is 1.65. The third-order valence-electron chi connectivity index (χ3n) is 1.35. The highest BCUT2D eigenvalue weighted by molar-refractivity contribution is 8.03. The summed E-state index contributed by atoms with van der Waals surface area (Å²) in [6, 6.07) is 6.64. The molecule has 1 aromatic rings. The molecule has 68 valence electrons. The van der Waals surface area contributed by atoms with Gasteiger partial charge in [0.25, 0.3) is 5.69 Å². The van der Waals surface area contributed by atoms with E-state index >= 15 is 0 Å². The standard InChI is InChI=1S/C9H9NO2S/c1-7(2)13-9-6-4-3-5-8(9)10(11)12/h3-6H,1H2,2H3. The molecule has 3 nitrogen and oxygen atoms in total. The lowest BCUT2D eigenvalue weighted by molar-refractivity contribution is -0.387. The van der Waals surface area contributed by atoms with Crippen LogP contribution >= 0.6 is 11.8 Å². The van der Waals surface area contributed by atoms with E-state index in [1.807, 2.05) is 6.92 Å². The van der Waals surface area contributed by atoms with Crippen molar-refractivity contribution in [1.29, 1.82) is 0 Å². The van der Waals surface area contributed by atoms with E-state index in [4.69, 9.17) is 0 Å². The quantitative estimate of drug-likeness (QED) is 0.422. The van der Waals surface area contributed by atoms with Crippen LogP contribution in [0.2, 0.25) is 0 Å². The van der Waals surface area contributed by atoms with Gasteiger partial charge in [-0.05, 0) is 17.9 Å². The summed E-state index contributed by atoms with van der Waals surface area (Å²) in [7, 11) is 0. The van der Waals surface area contributed by atoms with Crippen LogP contribution in [0.1, 0.15) is 6.92 Å². The van der Waals surface area contributed by atoms with Crippen molar-refractivity contribution in [3.63, 3.8) is 0 Å². The van der Waals surface area contributed by atoms with Gasteiger partial charge in [-0.3, -0.25) is 10.1 Å². The molecule has 1 rings (SSSR count). The van der Waals surface area contributed by atoms with Gasteiger partial charge in [0.15, 0.2) is 0 Å². The van der Waals surface area contributed by atoms with Crippen molar-refractivity contribution in [3.8, 4) is 0 Å². The van der Waals surface area contributed by atoms with Gasteiger partial charge in [-0.1, -0.05) is 30.5 Å². The first kappa shape index (κ1) is 9.80. The summed E-state index contributed by atoms with van der Waals surface area (Å²) in [6.07, 6.45) is 0. The minimum atomic E-state index is -0.384. The van der Waals surface area contributed by atoms with Crippen LogP contribution in [0.3, 0.4) is 0 Å². The van der Waals surface area contributed by atoms with Gasteiger partial charge in [0.05, 0.1) is 9.82 Å². The van der Waals surface area contributed by atoms with Crippen LogP contribution in [0, 0.1) is 10.1 Å². The third kappa shape index (κ3) is 2.59. The fourth-order valence-electron chi connectivity index (χ4n) is 0.882. The number of allylic oxidation sites excluding steroid dienone is 1. The molecule has 0 aliphatic carbocycles. The number of nitrogens with zero attached hydrogens (tertiary/aromatic N) is 1. The summed E-state index contributed by atoms with van der Waals surface area (Å²) in [5.74, 6) is 0. The first-order chi connectivity index (χ1) is 6.11. The van der Waals surface area contributed by atoms with E-state index in [-0.39, 0.29) is 10.6 Å². The highest BCUT2D eigenvalue weighted by atomic mass is 32.2. The smallest absolute Gasteiger partial charge is 0.258 e. The summed E-state index contributed by atoms with van der Waals surface area (Å²) in [5, 5.41) is 10.6. The predicted molar refractivity (Wildman–Crippen MR) is 53.8 cm³/mol. The lowest BCUT2D eigenvalue weighted by atomic mass is 10.3. The van der Waals surface area contributed by atoms with Crippen molar-refractivity contribution in [2.45, 2.75) is 11.8 Å². The lowest BCUT2D eigenvalue weighted by Crippen LogP contribution is -1.89. The van der Waals surface area contributed by atoms with Gasteiger partial charge in [0, 0.05) is 6.07 Å². The second kappa shape index (κ2) is 4.09. The molecular weight excluding hydrogens is 186 g/mol. The number of para-hydroxylation sites is 1. The van der Waals surface area contributed by atoms with Crippen LogP contribution in [0.25, 0.3) is 0 Å². The average molecular weight is 195 g/mol. The summed E-state index contributed by atoms with van der Waals surface area (Å²) in [5.41, 5.74) is 0.135. The molecular formula is C9H9NO2S. The van der Waals surface area contributed by atoms with Crippen molar-refractivity contribution in [1.82, 2.24) is 0 Å². The van der Waals surface area contributed by atoms with Crippen LogP contribution in [0.4, 0.5) is 5.69 Å². The van der Waals surface area contributed by atoms with Gasteiger partial charge in [0.2, 0.25) is 0 Å². The molecule has 0 saturated heterocycles. The monoisotopic (exact) mass is 195 g/mol. The van der Waals surface area contributed by atoms with E-state index in [2.05, 4.69) is 6.58 Å². The van der Waals surface area contributed by atoms with Gasteiger partial charge in [0.1, 0.15) is 0 Å². The maximum atomic E-state index is 10.6. The van der Waals surface area contributed by atoms with Crippen molar-refractivity contribution in [2.24, 2.45) is 0 Å². The number of hydrogen-bond acceptors (Lipinski definition) is 3. The van der Waals surface area contributed by atoms with Crippen molar-refractivity contribution in [3.05, 3.63) is 45.9 Å². The van der Waals surface area contributed by atoms with Crippen molar-refractivity contribution >= 4 is 17.4 Å². The van der Waals surface area contributed by atoms with Gasteiger partial charge in [-0.15, -0.1) is 0 Å². The summed E-state index contributed by atoms with van der Waals surface area (Å²) in [6.45, 7) is 5.51. The predicted octanol–water partition coefficient (Wildman–Crippen LogP) is 3.22. The molecule has 0 saturated carbocycles. The largest absolute Gasteiger partial charge is 0.283 e. The van der Waals surface area contributed by atoms with Crippen LogP contribution in [0.5, 0.6) is 0 Å². The molecule has 4 heteroatoms. The summed E-state index contributed by atoms with van der Waals surface area (Å²) >= 11 is 1.32. The molecule has 0 aromatic heterocycles. The number of hydrogen-bond donors (Lipinski definition) is 0. The maximum Gasteiger partial charge on any atom is 0.283 e. The highest BCUT2D eigenvalue weighted by Crippen LogP contribution is 2.32. The highest BCUT2D eigenvalue weighted by Gasteiger charge is 2.12. The van der Waals surface area contributed by atoms with Gasteiger partial charge < -0.3 is 0 Å². The van der Waals surface area contributed by atoms with Crippen molar-refractivity contribution < 1.29 is 4.92 Å². The number of nitro groups is 1. The number of nitro benzene ring substituents is 1. The lowest BCUT2D eigenvalue weighted by Gasteiger charge is -2.00. The minimum Gasteiger partial charge on any atom is -0.258 e. The molecule has 0 aliphatic heterocycles. The molecule has 0 unspecified atom stereocenters. The Morgan fingerprint density at radius 1 is 1.54 bits per heavy atom. The molecule has 0 atom stereocenters. The van der Waals surface area contributed by atoms with Gasteiger partial charge >= 0.3 is 0 Å². The van der Waals surface area contributed by atoms with Crippen LogP contribution in [-0.2, 0) is 0 Å². The molecule has 0 spiro atoms. The van der Waals surface area contributed by atoms with Gasteiger partial charge in [-0.2, -0.15) is 0 Å². The van der Waals surface area contributed by atoms with E-state index in [1.165, 1.54) is 17.8 Å². The van der Waals surface area contributed by atoms with Crippen LogP contribution in [-0.4, -0.2) is 4.92 Å². The number of thioether (sulfide) groups is 1. The molecule has 0 N–H and O–H groups in total. The third-order valence-corrected chi connectivity index (χ3v) is 2.26. The summed E-state index contributed by atoms with van der Waals surface area (Å²) < 4.78 is 0. The van der Waals surface area contributed by atoms with E-state index in [0.717, 1.165) is 4.91 Å². The maximum absolute atomic E-state index is 10.6. The van der Waals surface area contributed by atoms with Crippen LogP contribution < -0.4 is 0 Å². The fraction of sp³-hybridized carbons (Fsp3) is 0.111. The van der Waals surface area contributed by atoms with E-state index < -0.39 is 0 Å². The molecule has 0 heterocycles. The topological polar surface area (TPSA) is 43.1 Å². The second-order valence-electron chi connectivity index (χ2n) is 2.53. The Morgan fingerprint density at radius 3 is 2.69 bits per heavy atom. The Kier molecular flexibility index (Phi) is 3.08. The first-order valence-electron chi connectivity index (χ1n) is 3.68. The Hall–Kier alpha value is -1.29. The zero-order chi connectivity index (χ0) is 9.84. The SMILES string of the molecule is C=C(C)Sc1ccccc1[N+](=O)[O-]. The zero-order valence-corrected chi connectivity index (χ0v) is 8.00. The van der Waals surface area contributed by atoms with Crippen molar-refractivity contribution in [2.75, 3.05) is 0 Å². The first-order valence-corrected chi connectivity index (χ1v) is 4.49. The second-order valence-corrected chi connectivity index (χ2v) is 3.87. The summed E-state index contributed by atoms with van der Waals surface area (Å²) in [4.78, 5) is 11.7.